The average molecular weight is 198 g/mol. The van der Waals surface area contributed by atoms with E-state index >= 15 is 0 Å². The smallest absolute Gasteiger partial charge is 0.303 e. The minimum absolute atomic E-state index is 0.464. The van der Waals surface area contributed by atoms with Crippen LogP contribution in [0.3, 0.4) is 0 Å². The fourth-order valence-corrected chi connectivity index (χ4v) is 0.882. The molecule has 0 aliphatic rings. The van der Waals surface area contributed by atoms with Crippen LogP contribution in [0.4, 0.5) is 0 Å². The van der Waals surface area contributed by atoms with Gasteiger partial charge in [0.05, 0.1) is 0 Å². The zero-order valence-corrected chi connectivity index (χ0v) is 8.36. The number of carbonyl (C=O) groups is 2. The second kappa shape index (κ2) is 5.96. The second-order valence-electron chi connectivity index (χ2n) is 2.62. The quantitative estimate of drug-likeness (QED) is 0.492. The molecule has 0 unspecified atom stereocenters. The van der Waals surface area contributed by atoms with Crippen molar-refractivity contribution in [2.45, 2.75) is 26.1 Å². The molecule has 4 nitrogen and oxygen atoms in total. The summed E-state index contributed by atoms with van der Waals surface area (Å²) in [6, 6.07) is 0. The van der Waals surface area contributed by atoms with Crippen molar-refractivity contribution in [2.75, 3.05) is 0 Å². The number of esters is 2. The van der Waals surface area contributed by atoms with Crippen molar-refractivity contribution >= 4 is 11.9 Å². The number of carbonyl (C=O) groups excluding carboxylic acids is 2. The van der Waals surface area contributed by atoms with Crippen molar-refractivity contribution < 1.29 is 19.1 Å². The Balaban J connectivity index is 4.43. The van der Waals surface area contributed by atoms with Gasteiger partial charge in [0.1, 0.15) is 0 Å². The van der Waals surface area contributed by atoms with Gasteiger partial charge in [0.15, 0.2) is 12.2 Å². The van der Waals surface area contributed by atoms with Crippen LogP contribution in [0.5, 0.6) is 0 Å². The predicted molar refractivity (Wildman–Crippen MR) is 51.5 cm³/mol. The lowest BCUT2D eigenvalue weighted by molar-refractivity contribution is -0.158. The third kappa shape index (κ3) is 4.45. The first-order valence-corrected chi connectivity index (χ1v) is 4.10. The highest BCUT2D eigenvalue weighted by Gasteiger charge is 2.20. The number of rotatable bonds is 5. The first-order valence-electron chi connectivity index (χ1n) is 4.10. The summed E-state index contributed by atoms with van der Waals surface area (Å²) in [5, 5.41) is 0. The van der Waals surface area contributed by atoms with Gasteiger partial charge in [-0.15, -0.1) is 0 Å². The van der Waals surface area contributed by atoms with Gasteiger partial charge in [-0.3, -0.25) is 9.59 Å². The van der Waals surface area contributed by atoms with E-state index in [2.05, 4.69) is 13.2 Å². The Hall–Kier alpha value is -1.58. The molecule has 0 spiro atoms. The molecule has 0 fully saturated rings. The summed E-state index contributed by atoms with van der Waals surface area (Å²) in [4.78, 5) is 21.3. The molecule has 0 saturated heterocycles. The van der Waals surface area contributed by atoms with Crippen LogP contribution < -0.4 is 0 Å². The lowest BCUT2D eigenvalue weighted by Gasteiger charge is -2.20. The fraction of sp³-hybridized carbons (Fsp3) is 0.400. The minimum atomic E-state index is -0.686. The van der Waals surface area contributed by atoms with E-state index in [0.29, 0.717) is 0 Å². The molecule has 0 amide bonds. The first-order chi connectivity index (χ1) is 6.51. The van der Waals surface area contributed by atoms with Crippen molar-refractivity contribution in [3.05, 3.63) is 25.3 Å². The molecule has 2 atom stereocenters. The van der Waals surface area contributed by atoms with E-state index in [-0.39, 0.29) is 0 Å². The predicted octanol–water partition coefficient (Wildman–Crippen LogP) is 1.22. The topological polar surface area (TPSA) is 52.6 Å². The highest BCUT2D eigenvalue weighted by Crippen LogP contribution is 2.07. The van der Waals surface area contributed by atoms with Gasteiger partial charge >= 0.3 is 11.9 Å². The summed E-state index contributed by atoms with van der Waals surface area (Å²) in [6.45, 7) is 9.48. The van der Waals surface area contributed by atoms with Crippen LogP contribution in [0, 0.1) is 0 Å². The van der Waals surface area contributed by atoms with Crippen LogP contribution >= 0.6 is 0 Å². The van der Waals surface area contributed by atoms with Crippen LogP contribution in [0.25, 0.3) is 0 Å². The SMILES string of the molecule is C=C[C@@H](OC(C)=O)[C@@H](C=C)OC(C)=O. The van der Waals surface area contributed by atoms with Crippen molar-refractivity contribution in [1.82, 2.24) is 0 Å². The molecule has 0 aromatic carbocycles. The number of ether oxygens (including phenoxy) is 2. The molecule has 0 bridgehead atoms. The molecule has 0 N–H and O–H groups in total. The van der Waals surface area contributed by atoms with Gasteiger partial charge in [0.2, 0.25) is 0 Å². The highest BCUT2D eigenvalue weighted by atomic mass is 16.6. The van der Waals surface area contributed by atoms with Crippen molar-refractivity contribution in [3.8, 4) is 0 Å². The number of hydrogen-bond acceptors (Lipinski definition) is 4. The van der Waals surface area contributed by atoms with Crippen molar-refractivity contribution in [3.63, 3.8) is 0 Å². The van der Waals surface area contributed by atoms with E-state index in [4.69, 9.17) is 9.47 Å². The monoisotopic (exact) mass is 198 g/mol. The zero-order chi connectivity index (χ0) is 11.1. The largest absolute Gasteiger partial charge is 0.454 e. The Morgan fingerprint density at radius 3 is 1.43 bits per heavy atom. The van der Waals surface area contributed by atoms with Crippen LogP contribution in [0.15, 0.2) is 25.3 Å². The Labute approximate surface area is 83.2 Å². The highest BCUT2D eigenvalue weighted by molar-refractivity contribution is 5.67. The van der Waals surface area contributed by atoms with Gasteiger partial charge in [-0.25, -0.2) is 0 Å². The summed E-state index contributed by atoms with van der Waals surface area (Å²) in [6.07, 6.45) is 1.40. The molecule has 14 heavy (non-hydrogen) atoms. The molecule has 0 aliphatic heterocycles. The normalized spacial score (nSPS) is 13.6. The molecule has 78 valence electrons. The van der Waals surface area contributed by atoms with Crippen molar-refractivity contribution in [2.24, 2.45) is 0 Å². The van der Waals surface area contributed by atoms with E-state index in [0.717, 1.165) is 0 Å². The molecular formula is C10H14O4. The maximum absolute atomic E-state index is 10.7. The molecule has 4 heteroatoms. The molecule has 0 heterocycles. The molecular weight excluding hydrogens is 184 g/mol. The summed E-state index contributed by atoms with van der Waals surface area (Å²) < 4.78 is 9.70. The second-order valence-corrected chi connectivity index (χ2v) is 2.62. The number of hydrogen-bond donors (Lipinski definition) is 0. The van der Waals surface area contributed by atoms with Crippen LogP contribution in [0.1, 0.15) is 13.8 Å². The summed E-state index contributed by atoms with van der Waals surface area (Å²) in [7, 11) is 0. The first kappa shape index (κ1) is 12.4. The van der Waals surface area contributed by atoms with Crippen molar-refractivity contribution in [1.29, 1.82) is 0 Å². The van der Waals surface area contributed by atoms with Gasteiger partial charge in [-0.2, -0.15) is 0 Å². The maximum atomic E-state index is 10.7. The van der Waals surface area contributed by atoms with Gasteiger partial charge in [0, 0.05) is 13.8 Å². The fourth-order valence-electron chi connectivity index (χ4n) is 0.882. The van der Waals surface area contributed by atoms with E-state index in [1.54, 1.807) is 0 Å². The van der Waals surface area contributed by atoms with Crippen LogP contribution in [-0.2, 0) is 19.1 Å². The van der Waals surface area contributed by atoms with E-state index in [1.165, 1.54) is 26.0 Å². The van der Waals surface area contributed by atoms with E-state index < -0.39 is 24.1 Å². The minimum Gasteiger partial charge on any atom is -0.454 e. The average Bonchev–Trinajstić information content (AvgIpc) is 2.10. The van der Waals surface area contributed by atoms with Gasteiger partial charge in [0.25, 0.3) is 0 Å². The molecule has 0 aromatic heterocycles. The molecule has 0 aliphatic carbocycles. The summed E-state index contributed by atoms with van der Waals surface area (Å²) in [5.74, 6) is -0.928. The molecule has 0 aromatic rings. The van der Waals surface area contributed by atoms with Gasteiger partial charge < -0.3 is 9.47 Å². The summed E-state index contributed by atoms with van der Waals surface area (Å²) >= 11 is 0. The lowest BCUT2D eigenvalue weighted by atomic mass is 10.2. The summed E-state index contributed by atoms with van der Waals surface area (Å²) in [5.41, 5.74) is 0. The Morgan fingerprint density at radius 2 is 1.29 bits per heavy atom. The van der Waals surface area contributed by atoms with E-state index in [1.807, 2.05) is 0 Å². The molecule has 0 radical (unpaired) electrons. The van der Waals surface area contributed by atoms with E-state index in [9.17, 15) is 9.59 Å². The Morgan fingerprint density at radius 1 is 1.00 bits per heavy atom. The van der Waals surface area contributed by atoms with Gasteiger partial charge in [-0.05, 0) is 12.2 Å². The Bertz CT molecular complexity index is 219. The van der Waals surface area contributed by atoms with Crippen LogP contribution in [-0.4, -0.2) is 24.1 Å². The molecule has 0 saturated carbocycles. The zero-order valence-electron chi connectivity index (χ0n) is 8.36. The molecule has 0 rings (SSSR count). The van der Waals surface area contributed by atoms with Gasteiger partial charge in [-0.1, -0.05) is 13.2 Å². The third-order valence-corrected chi connectivity index (χ3v) is 1.39. The Kier molecular flexibility index (Phi) is 5.29. The third-order valence-electron chi connectivity index (χ3n) is 1.39. The lowest BCUT2D eigenvalue weighted by Crippen LogP contribution is -2.31. The standard InChI is InChI=1S/C10H14O4/c1-5-9(13-7(3)11)10(6-2)14-8(4)12/h5-6,9-10H,1-2H2,3-4H3/t9-,10-/m1/s1. The van der Waals surface area contributed by atoms with Crippen LogP contribution in [0.2, 0.25) is 0 Å². The maximum Gasteiger partial charge on any atom is 0.303 e.